The molecule has 2 aliphatic rings. The number of halogens is 1. The number of thiazole rings is 1. The quantitative estimate of drug-likeness (QED) is 0.0199. The molecule has 2 amide bonds. The van der Waals surface area contributed by atoms with Crippen LogP contribution in [0.25, 0.3) is 0 Å². The lowest BCUT2D eigenvalue weighted by atomic mass is 9.77. The minimum Gasteiger partial charge on any atom is -0.497 e. The van der Waals surface area contributed by atoms with E-state index < -0.39 is 53.4 Å². The Balaban J connectivity index is 0.995. The molecule has 1 fully saturated rings. The Morgan fingerprint density at radius 3 is 1.87 bits per heavy atom. The minimum absolute atomic E-state index is 0.0121. The van der Waals surface area contributed by atoms with Crippen LogP contribution in [0.3, 0.4) is 0 Å². The summed E-state index contributed by atoms with van der Waals surface area (Å²) >= 11 is 8.89. The molecule has 6 aromatic carbocycles. The lowest BCUT2D eigenvalue weighted by Gasteiger charge is -2.49. The number of amides is 2. The number of rotatable bonds is 19. The fraction of sp³-hybridized carbons (Fsp3) is 0.164. The monoisotopic (exact) mass is 1000 g/mol. The van der Waals surface area contributed by atoms with E-state index in [1.165, 1.54) is 28.0 Å². The lowest BCUT2D eigenvalue weighted by Crippen LogP contribution is -2.71. The van der Waals surface area contributed by atoms with E-state index in [1.807, 2.05) is 152 Å². The van der Waals surface area contributed by atoms with Crippen LogP contribution in [-0.2, 0) is 45.6 Å². The Bertz CT molecular complexity index is 2900. The van der Waals surface area contributed by atoms with E-state index in [4.69, 9.17) is 35.6 Å². The number of alkyl halides is 1. The number of methoxy groups -OCH3 is 1. The highest BCUT2D eigenvalue weighted by atomic mass is 35.5. The van der Waals surface area contributed by atoms with Crippen molar-refractivity contribution in [1.82, 2.24) is 15.2 Å². The molecule has 9 rings (SSSR count). The third-order valence-electron chi connectivity index (χ3n) is 11.9. The first-order chi connectivity index (χ1) is 34.8. The van der Waals surface area contributed by atoms with Crippen LogP contribution in [0.15, 0.2) is 198 Å². The number of nitrogens with zero attached hydrogens (tertiary/aromatic N) is 3. The Labute approximate surface area is 423 Å². The second-order valence-electron chi connectivity index (χ2n) is 16.3. The number of aromatic nitrogens is 1. The zero-order valence-electron chi connectivity index (χ0n) is 38.2. The third-order valence-corrected chi connectivity index (χ3v) is 14.3. The molecule has 2 aliphatic heterocycles. The van der Waals surface area contributed by atoms with Gasteiger partial charge in [0.15, 0.2) is 16.9 Å². The Kier molecular flexibility index (Phi) is 15.2. The molecule has 3 heterocycles. The second kappa shape index (κ2) is 22.4. The molecule has 0 bridgehead atoms. The van der Waals surface area contributed by atoms with Crippen LogP contribution in [-0.4, -0.2) is 76.1 Å². The first-order valence-electron chi connectivity index (χ1n) is 22.5. The van der Waals surface area contributed by atoms with Crippen LogP contribution in [0.1, 0.15) is 45.2 Å². The molecule has 2 atom stereocenters. The normalized spacial score (nSPS) is 15.6. The number of ether oxygens (including phenoxy) is 3. The Hall–Kier alpha value is -7.72. The first-order valence-corrected chi connectivity index (χ1v) is 25.0. The van der Waals surface area contributed by atoms with E-state index in [-0.39, 0.29) is 29.6 Å². The molecule has 0 radical (unpaired) electrons. The summed E-state index contributed by atoms with van der Waals surface area (Å²) in [5, 5.41) is 12.2. The average molecular weight is 1000 g/mol. The second-order valence-corrected chi connectivity index (χ2v) is 18.5. The van der Waals surface area contributed by atoms with Gasteiger partial charge in [-0.2, -0.15) is 0 Å². The zero-order chi connectivity index (χ0) is 49.2. The molecule has 7 aromatic rings. The number of fused-ring (bicyclic) bond motifs is 1. The molecule has 13 nitrogen and oxygen atoms in total. The smallest absolute Gasteiger partial charge is 0.355 e. The highest BCUT2D eigenvalue weighted by Crippen LogP contribution is 2.43. The fourth-order valence-electron chi connectivity index (χ4n) is 8.41. The maximum absolute atomic E-state index is 14.6. The molecule has 16 heteroatoms. The average Bonchev–Trinajstić information content (AvgIpc) is 3.90. The van der Waals surface area contributed by atoms with Gasteiger partial charge in [0.05, 0.1) is 7.11 Å². The van der Waals surface area contributed by atoms with Gasteiger partial charge >= 0.3 is 11.9 Å². The summed E-state index contributed by atoms with van der Waals surface area (Å²) in [6, 6.07) is 54.5. The highest BCUT2D eigenvalue weighted by Gasteiger charge is 2.54. The number of oxime groups is 1. The maximum Gasteiger partial charge on any atom is 0.355 e. The number of hydrogen-bond acceptors (Lipinski definition) is 13. The van der Waals surface area contributed by atoms with E-state index in [0.29, 0.717) is 22.2 Å². The summed E-state index contributed by atoms with van der Waals surface area (Å²) in [6.45, 7) is -0.716. The van der Waals surface area contributed by atoms with Crippen molar-refractivity contribution in [2.75, 3.05) is 30.7 Å². The van der Waals surface area contributed by atoms with Crippen molar-refractivity contribution >= 4 is 69.3 Å². The summed E-state index contributed by atoms with van der Waals surface area (Å²) in [5.74, 6) is -1.88. The van der Waals surface area contributed by atoms with Gasteiger partial charge in [-0.05, 0) is 51.1 Å². The summed E-state index contributed by atoms with van der Waals surface area (Å²) < 4.78 is 16.9. The molecule has 358 valence electrons. The van der Waals surface area contributed by atoms with Crippen molar-refractivity contribution in [2.24, 2.45) is 5.16 Å². The molecule has 1 saturated heterocycles. The van der Waals surface area contributed by atoms with Crippen molar-refractivity contribution in [1.29, 1.82) is 0 Å². The number of anilines is 1. The highest BCUT2D eigenvalue weighted by molar-refractivity contribution is 8.00. The summed E-state index contributed by atoms with van der Waals surface area (Å²) in [4.78, 5) is 67.7. The van der Waals surface area contributed by atoms with Crippen molar-refractivity contribution in [2.45, 2.75) is 29.7 Å². The molecular weight excluding hydrogens is 958 g/mol. The van der Waals surface area contributed by atoms with Crippen LogP contribution in [0.2, 0.25) is 0 Å². The number of esters is 2. The van der Waals surface area contributed by atoms with Crippen LogP contribution >= 0.6 is 34.7 Å². The van der Waals surface area contributed by atoms with Gasteiger partial charge in [-0.15, -0.1) is 34.7 Å². The van der Waals surface area contributed by atoms with Gasteiger partial charge in [-0.1, -0.05) is 169 Å². The van der Waals surface area contributed by atoms with Crippen molar-refractivity contribution in [3.8, 4) is 5.75 Å². The Morgan fingerprint density at radius 1 is 0.789 bits per heavy atom. The van der Waals surface area contributed by atoms with Crippen molar-refractivity contribution in [3.63, 3.8) is 0 Å². The van der Waals surface area contributed by atoms with Crippen LogP contribution in [0.4, 0.5) is 5.13 Å². The number of nitrogens with one attached hydrogen (secondary N) is 2. The van der Waals surface area contributed by atoms with E-state index in [9.17, 15) is 19.2 Å². The molecule has 71 heavy (non-hydrogen) atoms. The lowest BCUT2D eigenvalue weighted by molar-refractivity contribution is -0.153. The topological polar surface area (TPSA) is 158 Å². The number of benzene rings is 6. The molecule has 0 spiro atoms. The maximum atomic E-state index is 14.6. The van der Waals surface area contributed by atoms with Crippen molar-refractivity contribution in [3.05, 3.63) is 232 Å². The van der Waals surface area contributed by atoms with Crippen molar-refractivity contribution < 1.29 is 38.2 Å². The van der Waals surface area contributed by atoms with E-state index in [2.05, 4.69) is 15.8 Å². The van der Waals surface area contributed by atoms with Crippen LogP contribution in [0.5, 0.6) is 5.75 Å². The predicted molar refractivity (Wildman–Crippen MR) is 274 cm³/mol. The van der Waals surface area contributed by atoms with Gasteiger partial charge in [0.2, 0.25) is 6.61 Å². The first kappa shape index (κ1) is 48.3. The SMILES string of the molecule is COc1ccc(COC(=O)C2=C(CCl)CS[C@@H]3C(NC(=O)/C(=N/OCC(=O)OC(c4ccccc4)c4ccccc4)c4csc(NC(c5ccccc5)(c5ccccc5)c5ccccc5)n4)C(=O)N23)cc1. The van der Waals surface area contributed by atoms with Gasteiger partial charge < -0.3 is 29.7 Å². The van der Waals surface area contributed by atoms with E-state index >= 15 is 0 Å². The fourth-order valence-corrected chi connectivity index (χ4v) is 10.8. The molecule has 0 aliphatic carbocycles. The van der Waals surface area contributed by atoms with Gasteiger partial charge in [0.1, 0.15) is 40.7 Å². The molecule has 0 saturated carbocycles. The zero-order valence-corrected chi connectivity index (χ0v) is 40.6. The number of thioether (sulfide) groups is 1. The summed E-state index contributed by atoms with van der Waals surface area (Å²) in [6.07, 6.45) is -0.745. The number of carbonyl (C=O) groups is 4. The minimum atomic E-state index is -1.08. The van der Waals surface area contributed by atoms with Gasteiger partial charge in [0, 0.05) is 17.0 Å². The number of hydrogen-bond donors (Lipinski definition) is 2. The van der Waals surface area contributed by atoms with E-state index in [0.717, 1.165) is 33.4 Å². The van der Waals surface area contributed by atoms with Gasteiger partial charge in [0.25, 0.3) is 11.8 Å². The van der Waals surface area contributed by atoms with E-state index in [1.54, 1.807) is 36.8 Å². The predicted octanol–water partition coefficient (Wildman–Crippen LogP) is 9.25. The summed E-state index contributed by atoms with van der Waals surface area (Å²) in [5.41, 5.74) is 4.42. The number of β-lactam (4-membered cyclic amide) rings is 1. The molecule has 1 unspecified atom stereocenters. The standard InChI is InChI=1S/C55H46ClN5O8S2/c1-66-43-29-27-36(28-30-43)32-67-53(65)48-39(31-56)34-70-52-47(51(64)61(48)52)58-50(63)46(60-68-33-45(62)69-49(37-17-7-2-8-18-37)38-19-9-3-10-20-38)44-35-71-54(57-44)59-55(40-21-11-4-12-22-40,41-23-13-5-14-24-41)42-25-15-6-16-26-42/h2-30,35,47,49,52H,31-34H2,1H3,(H,57,59)(H,58,63)/b60-46+/t47?,52-/m1/s1. The number of carbonyl (C=O) groups excluding carboxylic acids is 4. The van der Waals surface area contributed by atoms with Gasteiger partial charge in [-0.3, -0.25) is 14.5 Å². The molecular formula is C55H46ClN5O8S2. The van der Waals surface area contributed by atoms with Crippen LogP contribution < -0.4 is 15.4 Å². The Morgan fingerprint density at radius 2 is 1.34 bits per heavy atom. The van der Waals surface area contributed by atoms with Crippen LogP contribution in [0, 0.1) is 0 Å². The summed E-state index contributed by atoms with van der Waals surface area (Å²) in [7, 11) is 1.56. The third kappa shape index (κ3) is 10.6. The van der Waals surface area contributed by atoms with Gasteiger partial charge in [-0.25, -0.2) is 14.6 Å². The molecule has 1 aromatic heterocycles. The largest absolute Gasteiger partial charge is 0.497 e. The molecule has 2 N–H and O–H groups in total.